The van der Waals surface area contributed by atoms with Gasteiger partial charge in [0.2, 0.25) is 11.8 Å². The molecule has 2 heterocycles. The first-order valence-corrected chi connectivity index (χ1v) is 11.3. The van der Waals surface area contributed by atoms with Crippen LogP contribution in [-0.4, -0.2) is 39.3 Å². The molecule has 29 heavy (non-hydrogen) atoms. The molecule has 4 rings (SSSR count). The van der Waals surface area contributed by atoms with Gasteiger partial charge in [0.05, 0.1) is 5.75 Å². The summed E-state index contributed by atoms with van der Waals surface area (Å²) in [7, 11) is 0. The van der Waals surface area contributed by atoms with E-state index in [9.17, 15) is 4.79 Å². The largest absolute Gasteiger partial charge is 0.411 e. The molecular weight excluding hydrogens is 428 g/mol. The molecule has 3 aromatic rings. The summed E-state index contributed by atoms with van der Waals surface area (Å²) in [6.07, 6.45) is 2.54. The number of anilines is 1. The van der Waals surface area contributed by atoms with Crippen LogP contribution in [-0.2, 0) is 4.79 Å². The van der Waals surface area contributed by atoms with Crippen molar-refractivity contribution >= 4 is 46.9 Å². The molecule has 0 atom stereocenters. The summed E-state index contributed by atoms with van der Waals surface area (Å²) in [5, 5.41) is 11.8. The van der Waals surface area contributed by atoms with E-state index in [1.54, 1.807) is 36.2 Å². The molecule has 0 spiro atoms. The second-order valence-corrected chi connectivity index (χ2v) is 9.01. The molecule has 0 saturated carbocycles. The van der Waals surface area contributed by atoms with Gasteiger partial charge >= 0.3 is 0 Å². The van der Waals surface area contributed by atoms with Crippen molar-refractivity contribution in [1.29, 1.82) is 0 Å². The van der Waals surface area contributed by atoms with Crippen LogP contribution in [0.5, 0.6) is 0 Å². The number of nitrogens with zero attached hydrogens (tertiary/aromatic N) is 3. The van der Waals surface area contributed by atoms with Gasteiger partial charge in [0.1, 0.15) is 0 Å². The zero-order chi connectivity index (χ0) is 20.1. The number of thioether (sulfide) groups is 1. The second-order valence-electron chi connectivity index (χ2n) is 6.47. The first-order valence-electron chi connectivity index (χ1n) is 9.21. The van der Waals surface area contributed by atoms with Crippen molar-refractivity contribution in [2.24, 2.45) is 0 Å². The van der Waals surface area contributed by atoms with E-state index in [1.165, 1.54) is 29.5 Å². The molecule has 0 aliphatic carbocycles. The average Bonchev–Trinajstić information content (AvgIpc) is 3.39. The van der Waals surface area contributed by atoms with E-state index >= 15 is 0 Å². The van der Waals surface area contributed by atoms with Crippen LogP contribution in [0.25, 0.3) is 11.5 Å². The molecule has 0 radical (unpaired) electrons. The van der Waals surface area contributed by atoms with Crippen LogP contribution >= 0.6 is 35.3 Å². The predicted molar refractivity (Wildman–Crippen MR) is 117 cm³/mol. The van der Waals surface area contributed by atoms with Crippen LogP contribution in [0.3, 0.4) is 0 Å². The summed E-state index contributed by atoms with van der Waals surface area (Å²) < 4.78 is 8.06. The normalized spacial score (nSPS) is 14.2. The van der Waals surface area contributed by atoms with E-state index < -0.39 is 0 Å². The number of carbonyl (C=O) groups is 1. The average molecular weight is 447 g/mol. The zero-order valence-corrected chi connectivity index (χ0v) is 17.9. The van der Waals surface area contributed by atoms with Crippen molar-refractivity contribution < 1.29 is 9.21 Å². The molecular formula is C20H19ClN4O2S2. The smallest absolute Gasteiger partial charge is 0.277 e. The fourth-order valence-corrected chi connectivity index (χ4v) is 4.61. The Bertz CT molecular complexity index is 975. The molecule has 2 aromatic carbocycles. The van der Waals surface area contributed by atoms with E-state index in [4.69, 9.17) is 16.0 Å². The second kappa shape index (κ2) is 9.67. The summed E-state index contributed by atoms with van der Waals surface area (Å²) in [5.74, 6) is 0.445. The standard InChI is InChI=1S/C20H19ClN4O2S2/c21-15-4-3-5-16(12-15)22-18(26)13-28-20-24-23-19(27-20)14-6-8-17(9-7-14)29-25-10-1-2-11-25/h3-9,12H,1-2,10-11,13H2,(H,22,26). The van der Waals surface area contributed by atoms with Crippen LogP contribution in [0.2, 0.25) is 5.02 Å². The number of halogens is 1. The van der Waals surface area contributed by atoms with Crippen LogP contribution in [0.4, 0.5) is 5.69 Å². The highest BCUT2D eigenvalue weighted by Crippen LogP contribution is 2.29. The molecule has 6 nitrogen and oxygen atoms in total. The van der Waals surface area contributed by atoms with Gasteiger partial charge in [0.25, 0.3) is 5.22 Å². The van der Waals surface area contributed by atoms with Gasteiger partial charge in [-0.1, -0.05) is 29.4 Å². The molecule has 9 heteroatoms. The number of carbonyl (C=O) groups excluding carboxylic acids is 1. The first kappa shape index (κ1) is 20.3. The Kier molecular flexibility index (Phi) is 6.76. The molecule has 1 saturated heterocycles. The van der Waals surface area contributed by atoms with Gasteiger partial charge in [0, 0.05) is 34.3 Å². The first-order chi connectivity index (χ1) is 14.2. The number of amides is 1. The summed E-state index contributed by atoms with van der Waals surface area (Å²) in [6.45, 7) is 2.28. The SMILES string of the molecule is O=C(CSc1nnc(-c2ccc(SN3CCCC3)cc2)o1)Nc1cccc(Cl)c1. The van der Waals surface area contributed by atoms with Gasteiger partial charge in [-0.05, 0) is 67.3 Å². The van der Waals surface area contributed by atoms with Crippen molar-refractivity contribution in [3.05, 3.63) is 53.6 Å². The van der Waals surface area contributed by atoms with Gasteiger partial charge in [-0.2, -0.15) is 0 Å². The highest BCUT2D eigenvalue weighted by Gasteiger charge is 2.14. The minimum absolute atomic E-state index is 0.166. The van der Waals surface area contributed by atoms with Crippen molar-refractivity contribution in [3.8, 4) is 11.5 Å². The molecule has 1 aromatic heterocycles. The minimum Gasteiger partial charge on any atom is -0.411 e. The summed E-state index contributed by atoms with van der Waals surface area (Å²) in [5.41, 5.74) is 1.51. The van der Waals surface area contributed by atoms with Crippen molar-refractivity contribution in [2.45, 2.75) is 23.0 Å². The summed E-state index contributed by atoms with van der Waals surface area (Å²) >= 11 is 8.90. The number of rotatable bonds is 7. The molecule has 1 aliphatic rings. The molecule has 0 bridgehead atoms. The Labute approximate surface area is 182 Å². The minimum atomic E-state index is -0.166. The Morgan fingerprint density at radius 2 is 1.93 bits per heavy atom. The number of hydrogen-bond donors (Lipinski definition) is 1. The predicted octanol–water partition coefficient (Wildman–Crippen LogP) is 5.22. The fourth-order valence-electron chi connectivity index (χ4n) is 2.86. The van der Waals surface area contributed by atoms with Gasteiger partial charge in [0.15, 0.2) is 0 Å². The lowest BCUT2D eigenvalue weighted by atomic mass is 10.2. The lowest BCUT2D eigenvalue weighted by Gasteiger charge is -2.12. The van der Waals surface area contributed by atoms with Crippen LogP contribution in [0.15, 0.2) is 63.1 Å². The quantitative estimate of drug-likeness (QED) is 0.393. The maximum Gasteiger partial charge on any atom is 0.277 e. The van der Waals surface area contributed by atoms with Gasteiger partial charge < -0.3 is 9.73 Å². The van der Waals surface area contributed by atoms with Crippen molar-refractivity contribution in [3.63, 3.8) is 0 Å². The van der Waals surface area contributed by atoms with Crippen LogP contribution < -0.4 is 5.32 Å². The Morgan fingerprint density at radius 3 is 2.69 bits per heavy atom. The van der Waals surface area contributed by atoms with E-state index in [2.05, 4.69) is 32.0 Å². The molecule has 1 N–H and O–H groups in total. The Balaban J connectivity index is 1.30. The van der Waals surface area contributed by atoms with Gasteiger partial charge in [-0.25, -0.2) is 4.31 Å². The number of benzene rings is 2. The fraction of sp³-hybridized carbons (Fsp3) is 0.250. The third-order valence-electron chi connectivity index (χ3n) is 4.24. The van der Waals surface area contributed by atoms with Crippen LogP contribution in [0, 0.1) is 0 Å². The molecule has 1 fully saturated rings. The van der Waals surface area contributed by atoms with Crippen molar-refractivity contribution in [1.82, 2.24) is 14.5 Å². The maximum atomic E-state index is 12.1. The molecule has 1 aliphatic heterocycles. The third-order valence-corrected chi connectivity index (χ3v) is 6.40. The van der Waals surface area contributed by atoms with Gasteiger partial charge in [-0.3, -0.25) is 4.79 Å². The van der Waals surface area contributed by atoms with Gasteiger partial charge in [-0.15, -0.1) is 10.2 Å². The topological polar surface area (TPSA) is 71.3 Å². The van der Waals surface area contributed by atoms with Crippen molar-refractivity contribution in [2.75, 3.05) is 24.2 Å². The lowest BCUT2D eigenvalue weighted by molar-refractivity contribution is -0.113. The van der Waals surface area contributed by atoms with E-state index in [0.29, 0.717) is 21.8 Å². The number of aromatic nitrogens is 2. The molecule has 1 amide bonds. The van der Waals surface area contributed by atoms with Crippen LogP contribution in [0.1, 0.15) is 12.8 Å². The van der Waals surface area contributed by atoms with E-state index in [1.807, 2.05) is 12.1 Å². The molecule has 150 valence electrons. The Hall–Kier alpha value is -2.00. The monoisotopic (exact) mass is 446 g/mol. The lowest BCUT2D eigenvalue weighted by Crippen LogP contribution is -2.13. The number of nitrogens with one attached hydrogen (secondary N) is 1. The maximum absolute atomic E-state index is 12.1. The summed E-state index contributed by atoms with van der Waals surface area (Å²) in [6, 6.07) is 15.1. The zero-order valence-electron chi connectivity index (χ0n) is 15.5. The Morgan fingerprint density at radius 1 is 1.14 bits per heavy atom. The highest BCUT2D eigenvalue weighted by atomic mass is 35.5. The van der Waals surface area contributed by atoms with E-state index in [-0.39, 0.29) is 11.7 Å². The summed E-state index contributed by atoms with van der Waals surface area (Å²) in [4.78, 5) is 13.3. The number of hydrogen-bond acceptors (Lipinski definition) is 7. The third kappa shape index (κ3) is 5.76. The van der Waals surface area contributed by atoms with E-state index in [0.717, 1.165) is 18.7 Å². The molecule has 0 unspecified atom stereocenters. The highest BCUT2D eigenvalue weighted by molar-refractivity contribution is 7.99.